The molecule has 0 atom stereocenters. The normalized spacial score (nSPS) is 11.0. The molecule has 0 aliphatic heterocycles. The topological polar surface area (TPSA) is 219 Å². The Morgan fingerprint density at radius 1 is 1.06 bits per heavy atom. The number of amides is 2. The SMILES string of the molecule is CCn1c(-c2nonc2N)nc2c(-c3cccc(NC(=O)Nc4cccc(OC)c4)c3)ncc(OCCCN)c21.O=C(O)C(F)(F)F. The number of aromatic nitrogens is 5. The number of nitrogen functional groups attached to an aromatic ring is 1. The first-order chi connectivity index (χ1) is 22.5. The van der Waals surface area contributed by atoms with Gasteiger partial charge in [0.25, 0.3) is 0 Å². The van der Waals surface area contributed by atoms with E-state index in [1.54, 1.807) is 43.6 Å². The van der Waals surface area contributed by atoms with Crippen molar-refractivity contribution in [3.8, 4) is 34.3 Å². The van der Waals surface area contributed by atoms with Crippen molar-refractivity contribution in [3.05, 3.63) is 54.7 Å². The number of aryl methyl sites for hydroxylation is 1. The van der Waals surface area contributed by atoms with E-state index in [1.165, 1.54) is 0 Å². The maximum absolute atomic E-state index is 12.7. The fourth-order valence-electron chi connectivity index (χ4n) is 4.27. The number of nitrogens with one attached hydrogen (secondary N) is 2. The zero-order valence-electron chi connectivity index (χ0n) is 25.0. The number of urea groups is 1. The van der Waals surface area contributed by atoms with Gasteiger partial charge in [-0.1, -0.05) is 18.2 Å². The van der Waals surface area contributed by atoms with Crippen molar-refractivity contribution in [3.63, 3.8) is 0 Å². The number of nitrogens with two attached hydrogens (primary N) is 2. The van der Waals surface area contributed by atoms with Crippen LogP contribution in [0.15, 0.2) is 59.4 Å². The minimum atomic E-state index is -5.08. The summed E-state index contributed by atoms with van der Waals surface area (Å²) in [6.45, 7) is 3.44. The zero-order chi connectivity index (χ0) is 34.1. The van der Waals surface area contributed by atoms with Crippen LogP contribution >= 0.6 is 0 Å². The van der Waals surface area contributed by atoms with Crippen LogP contribution in [0.5, 0.6) is 11.5 Å². The van der Waals surface area contributed by atoms with Gasteiger partial charge in [-0.25, -0.2) is 24.2 Å². The molecule has 5 rings (SSSR count). The number of carboxylic acid groups (broad SMARTS) is 1. The molecule has 0 radical (unpaired) electrons. The minimum absolute atomic E-state index is 0.123. The third-order valence-corrected chi connectivity index (χ3v) is 6.35. The fraction of sp³-hybridized carbons (Fsp3) is 0.241. The van der Waals surface area contributed by atoms with Gasteiger partial charge in [0.1, 0.15) is 16.8 Å². The van der Waals surface area contributed by atoms with Gasteiger partial charge in [-0.3, -0.25) is 0 Å². The van der Waals surface area contributed by atoms with Gasteiger partial charge in [0.15, 0.2) is 23.1 Å². The molecule has 248 valence electrons. The Kier molecular flexibility index (Phi) is 10.8. The van der Waals surface area contributed by atoms with E-state index in [9.17, 15) is 18.0 Å². The van der Waals surface area contributed by atoms with E-state index in [1.807, 2.05) is 29.7 Å². The summed E-state index contributed by atoms with van der Waals surface area (Å²) < 4.78 is 49.8. The lowest BCUT2D eigenvalue weighted by molar-refractivity contribution is -0.192. The van der Waals surface area contributed by atoms with Crippen LogP contribution in [0.1, 0.15) is 13.3 Å². The number of anilines is 3. The highest BCUT2D eigenvalue weighted by Crippen LogP contribution is 2.37. The van der Waals surface area contributed by atoms with Crippen molar-refractivity contribution >= 4 is 40.2 Å². The Balaban J connectivity index is 0.000000644. The highest BCUT2D eigenvalue weighted by molar-refractivity contribution is 6.01. The number of aliphatic carboxylic acids is 1. The van der Waals surface area contributed by atoms with Gasteiger partial charge < -0.3 is 41.2 Å². The third kappa shape index (κ3) is 8.23. The molecule has 18 heteroatoms. The van der Waals surface area contributed by atoms with Crippen molar-refractivity contribution in [1.29, 1.82) is 0 Å². The lowest BCUT2D eigenvalue weighted by Gasteiger charge is -2.12. The van der Waals surface area contributed by atoms with E-state index >= 15 is 0 Å². The lowest BCUT2D eigenvalue weighted by atomic mass is 10.1. The van der Waals surface area contributed by atoms with E-state index in [4.69, 9.17) is 45.4 Å². The highest BCUT2D eigenvalue weighted by atomic mass is 19.4. The molecule has 0 aliphatic carbocycles. The van der Waals surface area contributed by atoms with Gasteiger partial charge in [0.2, 0.25) is 0 Å². The number of rotatable bonds is 10. The molecule has 3 aromatic heterocycles. The number of methoxy groups -OCH3 is 1. The van der Waals surface area contributed by atoms with Gasteiger partial charge in [-0.15, -0.1) is 0 Å². The number of halogens is 3. The van der Waals surface area contributed by atoms with Crippen molar-refractivity contribution in [2.45, 2.75) is 26.1 Å². The Morgan fingerprint density at radius 2 is 1.74 bits per heavy atom. The van der Waals surface area contributed by atoms with Crippen LogP contribution in [0.25, 0.3) is 33.8 Å². The van der Waals surface area contributed by atoms with Gasteiger partial charge in [-0.2, -0.15) is 13.2 Å². The van der Waals surface area contributed by atoms with E-state index < -0.39 is 18.2 Å². The summed E-state index contributed by atoms with van der Waals surface area (Å²) >= 11 is 0. The average Bonchev–Trinajstić information content (AvgIpc) is 3.64. The summed E-state index contributed by atoms with van der Waals surface area (Å²) in [6.07, 6.45) is -2.74. The number of hydrogen-bond acceptors (Lipinski definition) is 11. The molecule has 2 amide bonds. The Bertz CT molecular complexity index is 1860. The third-order valence-electron chi connectivity index (χ3n) is 6.35. The Labute approximate surface area is 264 Å². The number of fused-ring (bicyclic) bond motifs is 1. The number of carbonyl (C=O) groups is 2. The molecule has 3 heterocycles. The number of nitrogens with zero attached hydrogens (tertiary/aromatic N) is 5. The van der Waals surface area contributed by atoms with Crippen LogP contribution in [0, 0.1) is 0 Å². The molecule has 2 aromatic carbocycles. The largest absolute Gasteiger partial charge is 0.497 e. The molecule has 0 fully saturated rings. The maximum Gasteiger partial charge on any atom is 0.490 e. The fourth-order valence-corrected chi connectivity index (χ4v) is 4.27. The van der Waals surface area contributed by atoms with Gasteiger partial charge in [0, 0.05) is 29.5 Å². The van der Waals surface area contributed by atoms with Crippen LogP contribution in [0.4, 0.5) is 35.2 Å². The summed E-state index contributed by atoms with van der Waals surface area (Å²) in [5.41, 5.74) is 15.8. The van der Waals surface area contributed by atoms with Gasteiger partial charge in [-0.05, 0) is 54.5 Å². The zero-order valence-corrected chi connectivity index (χ0v) is 25.0. The predicted molar refractivity (Wildman–Crippen MR) is 165 cm³/mol. The van der Waals surface area contributed by atoms with Gasteiger partial charge in [0.05, 0.1) is 25.6 Å². The first kappa shape index (κ1) is 34.0. The van der Waals surface area contributed by atoms with Crippen LogP contribution in [0.3, 0.4) is 0 Å². The van der Waals surface area contributed by atoms with Gasteiger partial charge >= 0.3 is 18.2 Å². The number of pyridine rings is 1. The molecule has 0 unspecified atom stereocenters. The quantitative estimate of drug-likeness (QED) is 0.128. The predicted octanol–water partition coefficient (Wildman–Crippen LogP) is 4.76. The van der Waals surface area contributed by atoms with Crippen molar-refractivity contribution in [1.82, 2.24) is 24.8 Å². The molecule has 0 saturated heterocycles. The van der Waals surface area contributed by atoms with Crippen LogP contribution in [-0.2, 0) is 11.3 Å². The monoisotopic (exact) mass is 657 g/mol. The summed E-state index contributed by atoms with van der Waals surface area (Å²) in [5, 5.41) is 20.5. The van der Waals surface area contributed by atoms with E-state index in [-0.39, 0.29) is 5.82 Å². The number of carbonyl (C=O) groups excluding carboxylic acids is 1. The number of alkyl halides is 3. The second-order valence-corrected chi connectivity index (χ2v) is 9.53. The first-order valence-corrected chi connectivity index (χ1v) is 13.9. The standard InChI is InChI=1S/C27H29N9O4.C2HF3O2/c1-3-36-24-20(39-12-6-11-28)15-30-21(22(24)33-26(36)23-25(29)35-40-34-23)16-7-4-8-17(13-16)31-27(37)32-18-9-5-10-19(14-18)38-2;3-2(4,5)1(6)7/h4-5,7-10,13-15H,3,6,11-12,28H2,1-2H3,(H2,29,35)(H2,31,32,37);(H,6,7). The van der Waals surface area contributed by atoms with Crippen molar-refractivity contribution < 1.29 is 42.0 Å². The van der Waals surface area contributed by atoms with E-state index in [0.29, 0.717) is 71.7 Å². The molecule has 0 saturated carbocycles. The second kappa shape index (κ2) is 14.9. The second-order valence-electron chi connectivity index (χ2n) is 9.53. The van der Waals surface area contributed by atoms with Crippen molar-refractivity contribution in [2.24, 2.45) is 5.73 Å². The first-order valence-electron chi connectivity index (χ1n) is 13.9. The molecule has 0 bridgehead atoms. The average molecular weight is 658 g/mol. The molecule has 7 N–H and O–H groups in total. The summed E-state index contributed by atoms with van der Waals surface area (Å²) in [5.74, 6) is -0.971. The smallest absolute Gasteiger partial charge is 0.490 e. The summed E-state index contributed by atoms with van der Waals surface area (Å²) in [7, 11) is 1.57. The molecule has 0 aliphatic rings. The lowest BCUT2D eigenvalue weighted by Crippen LogP contribution is -2.21. The van der Waals surface area contributed by atoms with Crippen LogP contribution in [-0.4, -0.2) is 68.4 Å². The number of carboxylic acids is 1. The highest BCUT2D eigenvalue weighted by Gasteiger charge is 2.38. The number of imidazole rings is 1. The maximum atomic E-state index is 12.7. The Hall–Kier alpha value is -5.91. The minimum Gasteiger partial charge on any atom is -0.497 e. The van der Waals surface area contributed by atoms with Crippen molar-refractivity contribution in [2.75, 3.05) is 36.6 Å². The van der Waals surface area contributed by atoms with Crippen LogP contribution in [0.2, 0.25) is 0 Å². The van der Waals surface area contributed by atoms with E-state index in [0.717, 1.165) is 11.1 Å². The number of hydrogen-bond donors (Lipinski definition) is 5. The van der Waals surface area contributed by atoms with Crippen LogP contribution < -0.4 is 31.6 Å². The molecular weight excluding hydrogens is 627 g/mol. The summed E-state index contributed by atoms with van der Waals surface area (Å²) in [4.78, 5) is 31.2. The molecular formula is C29H30F3N9O6. The summed E-state index contributed by atoms with van der Waals surface area (Å²) in [6, 6.07) is 14.0. The Morgan fingerprint density at radius 3 is 2.34 bits per heavy atom. The number of ether oxygens (including phenoxy) is 2. The van der Waals surface area contributed by atoms with E-state index in [2.05, 4.69) is 20.9 Å². The molecule has 0 spiro atoms. The molecule has 47 heavy (non-hydrogen) atoms. The number of benzene rings is 2. The molecule has 15 nitrogen and oxygen atoms in total. The molecule has 5 aromatic rings.